The van der Waals surface area contributed by atoms with Gasteiger partial charge in [-0.15, -0.1) is 0 Å². The van der Waals surface area contributed by atoms with Crippen LogP contribution in [0, 0.1) is 20.8 Å². The molecule has 0 aliphatic carbocycles. The number of ketones is 1. The molecule has 0 fully saturated rings. The van der Waals surface area contributed by atoms with Crippen molar-refractivity contribution < 1.29 is 4.79 Å². The van der Waals surface area contributed by atoms with Crippen molar-refractivity contribution in [2.24, 2.45) is 0 Å². The second-order valence-electron chi connectivity index (χ2n) is 4.54. The minimum Gasteiger partial charge on any atom is -0.289 e. The summed E-state index contributed by atoms with van der Waals surface area (Å²) in [6.07, 6.45) is 0. The number of carbonyl (C=O) groups excluding carboxylic acids is 1. The highest BCUT2D eigenvalue weighted by atomic mass is 79.9. The zero-order valence-electron chi connectivity index (χ0n) is 10.8. The summed E-state index contributed by atoms with van der Waals surface area (Å²) in [5, 5.41) is 0. The molecule has 18 heavy (non-hydrogen) atoms. The Hall–Kier alpha value is -1.41. The van der Waals surface area contributed by atoms with Crippen molar-refractivity contribution in [1.82, 2.24) is 0 Å². The molecular weight excluding hydrogens is 288 g/mol. The van der Waals surface area contributed by atoms with E-state index < -0.39 is 0 Å². The number of halogens is 1. The Bertz CT molecular complexity index is 610. The largest absolute Gasteiger partial charge is 0.289 e. The lowest BCUT2D eigenvalue weighted by Gasteiger charge is -2.10. The van der Waals surface area contributed by atoms with Crippen LogP contribution >= 0.6 is 15.9 Å². The van der Waals surface area contributed by atoms with Gasteiger partial charge in [-0.2, -0.15) is 0 Å². The number of rotatable bonds is 2. The monoisotopic (exact) mass is 302 g/mol. The van der Waals surface area contributed by atoms with Gasteiger partial charge in [-0.05, 0) is 49.6 Å². The van der Waals surface area contributed by atoms with Crippen LogP contribution in [0.1, 0.15) is 32.6 Å². The SMILES string of the molecule is Cc1ccc(Br)cc1C(=O)c1cccc(C)c1C. The molecule has 2 aromatic rings. The Labute approximate surface area is 116 Å². The van der Waals surface area contributed by atoms with Crippen LogP contribution in [0.5, 0.6) is 0 Å². The van der Waals surface area contributed by atoms with Crippen LogP contribution in [0.3, 0.4) is 0 Å². The lowest BCUT2D eigenvalue weighted by molar-refractivity contribution is 0.103. The first-order chi connectivity index (χ1) is 8.50. The molecule has 0 aromatic heterocycles. The lowest BCUT2D eigenvalue weighted by Crippen LogP contribution is -2.06. The maximum Gasteiger partial charge on any atom is 0.193 e. The number of hydrogen-bond donors (Lipinski definition) is 0. The molecule has 2 heteroatoms. The van der Waals surface area contributed by atoms with Crippen LogP contribution in [0.2, 0.25) is 0 Å². The molecule has 0 bridgehead atoms. The van der Waals surface area contributed by atoms with Gasteiger partial charge in [0.25, 0.3) is 0 Å². The molecule has 0 unspecified atom stereocenters. The van der Waals surface area contributed by atoms with Crippen molar-refractivity contribution in [2.75, 3.05) is 0 Å². The second kappa shape index (κ2) is 5.07. The van der Waals surface area contributed by atoms with Crippen LogP contribution in [0.25, 0.3) is 0 Å². The molecule has 0 radical (unpaired) electrons. The minimum atomic E-state index is 0.0926. The molecule has 2 rings (SSSR count). The topological polar surface area (TPSA) is 17.1 Å². The fraction of sp³-hybridized carbons (Fsp3) is 0.188. The van der Waals surface area contributed by atoms with Crippen LogP contribution < -0.4 is 0 Å². The van der Waals surface area contributed by atoms with Gasteiger partial charge in [-0.1, -0.05) is 40.2 Å². The van der Waals surface area contributed by atoms with Crippen molar-refractivity contribution in [2.45, 2.75) is 20.8 Å². The van der Waals surface area contributed by atoms with E-state index in [1.807, 2.05) is 57.2 Å². The Morgan fingerprint density at radius 1 is 0.944 bits per heavy atom. The average Bonchev–Trinajstić information content (AvgIpc) is 2.35. The maximum atomic E-state index is 12.6. The first-order valence-electron chi connectivity index (χ1n) is 5.88. The average molecular weight is 303 g/mol. The molecule has 0 amide bonds. The summed E-state index contributed by atoms with van der Waals surface area (Å²) in [5.41, 5.74) is 4.76. The number of aryl methyl sites for hydroxylation is 2. The molecule has 0 aliphatic heterocycles. The fourth-order valence-electron chi connectivity index (χ4n) is 1.98. The highest BCUT2D eigenvalue weighted by molar-refractivity contribution is 9.10. The van der Waals surface area contributed by atoms with Gasteiger partial charge < -0.3 is 0 Å². The van der Waals surface area contributed by atoms with E-state index in [0.29, 0.717) is 0 Å². The molecule has 0 saturated carbocycles. The van der Waals surface area contributed by atoms with Crippen LogP contribution in [0.4, 0.5) is 0 Å². The van der Waals surface area contributed by atoms with Gasteiger partial charge in [-0.25, -0.2) is 0 Å². The normalized spacial score (nSPS) is 10.4. The third-order valence-corrected chi connectivity index (χ3v) is 3.79. The summed E-state index contributed by atoms with van der Waals surface area (Å²) >= 11 is 3.42. The molecular formula is C16H15BrO. The third kappa shape index (κ3) is 2.39. The van der Waals surface area contributed by atoms with Gasteiger partial charge in [0.15, 0.2) is 5.78 Å². The van der Waals surface area contributed by atoms with Gasteiger partial charge in [0.05, 0.1) is 0 Å². The third-order valence-electron chi connectivity index (χ3n) is 3.29. The maximum absolute atomic E-state index is 12.6. The van der Waals surface area contributed by atoms with E-state index in [1.54, 1.807) is 0 Å². The van der Waals surface area contributed by atoms with Gasteiger partial charge in [0, 0.05) is 15.6 Å². The molecule has 0 spiro atoms. The zero-order valence-corrected chi connectivity index (χ0v) is 12.3. The van der Waals surface area contributed by atoms with Crippen molar-refractivity contribution in [1.29, 1.82) is 0 Å². The Morgan fingerprint density at radius 3 is 2.39 bits per heavy atom. The van der Waals surface area contributed by atoms with Gasteiger partial charge >= 0.3 is 0 Å². The van der Waals surface area contributed by atoms with Crippen LogP contribution in [-0.4, -0.2) is 5.78 Å². The lowest BCUT2D eigenvalue weighted by atomic mass is 9.94. The highest BCUT2D eigenvalue weighted by Crippen LogP contribution is 2.22. The van der Waals surface area contributed by atoms with Crippen molar-refractivity contribution in [3.8, 4) is 0 Å². The second-order valence-corrected chi connectivity index (χ2v) is 5.45. The van der Waals surface area contributed by atoms with E-state index in [0.717, 1.165) is 32.3 Å². The summed E-state index contributed by atoms with van der Waals surface area (Å²) in [4.78, 5) is 12.6. The number of carbonyl (C=O) groups is 1. The van der Waals surface area contributed by atoms with E-state index in [2.05, 4.69) is 15.9 Å². The van der Waals surface area contributed by atoms with Crippen molar-refractivity contribution >= 4 is 21.7 Å². The number of benzene rings is 2. The molecule has 2 aromatic carbocycles. The molecule has 0 heterocycles. The minimum absolute atomic E-state index is 0.0926. The first kappa shape index (κ1) is 13.0. The van der Waals surface area contributed by atoms with E-state index in [4.69, 9.17) is 0 Å². The molecule has 0 atom stereocenters. The Morgan fingerprint density at radius 2 is 1.67 bits per heavy atom. The van der Waals surface area contributed by atoms with Crippen LogP contribution in [-0.2, 0) is 0 Å². The van der Waals surface area contributed by atoms with Crippen molar-refractivity contribution in [3.63, 3.8) is 0 Å². The predicted octanol–water partition coefficient (Wildman–Crippen LogP) is 4.61. The molecule has 0 N–H and O–H groups in total. The summed E-state index contributed by atoms with van der Waals surface area (Å²) in [5.74, 6) is 0.0926. The Kier molecular flexibility index (Phi) is 3.67. The molecule has 0 saturated heterocycles. The van der Waals surface area contributed by atoms with Gasteiger partial charge in [-0.3, -0.25) is 4.79 Å². The van der Waals surface area contributed by atoms with Crippen LogP contribution in [0.15, 0.2) is 40.9 Å². The molecule has 1 nitrogen and oxygen atoms in total. The summed E-state index contributed by atoms with van der Waals surface area (Å²) in [7, 11) is 0. The standard InChI is InChI=1S/C16H15BrO/c1-10-5-4-6-14(12(10)3)16(18)15-9-13(17)8-7-11(15)2/h4-9H,1-3H3. The number of hydrogen-bond acceptors (Lipinski definition) is 1. The molecule has 0 aliphatic rings. The predicted molar refractivity (Wildman–Crippen MR) is 78.2 cm³/mol. The first-order valence-corrected chi connectivity index (χ1v) is 6.67. The van der Waals surface area contributed by atoms with E-state index in [-0.39, 0.29) is 5.78 Å². The zero-order chi connectivity index (χ0) is 13.3. The summed E-state index contributed by atoms with van der Waals surface area (Å²) in [6, 6.07) is 11.7. The van der Waals surface area contributed by atoms with E-state index in [9.17, 15) is 4.79 Å². The quantitative estimate of drug-likeness (QED) is 0.741. The van der Waals surface area contributed by atoms with E-state index >= 15 is 0 Å². The Balaban J connectivity index is 2.55. The van der Waals surface area contributed by atoms with Gasteiger partial charge in [0.1, 0.15) is 0 Å². The molecule has 92 valence electrons. The van der Waals surface area contributed by atoms with Gasteiger partial charge in [0.2, 0.25) is 0 Å². The highest BCUT2D eigenvalue weighted by Gasteiger charge is 2.14. The fourth-order valence-corrected chi connectivity index (χ4v) is 2.34. The summed E-state index contributed by atoms with van der Waals surface area (Å²) < 4.78 is 0.932. The summed E-state index contributed by atoms with van der Waals surface area (Å²) in [6.45, 7) is 5.99. The van der Waals surface area contributed by atoms with Crippen molar-refractivity contribution in [3.05, 3.63) is 68.7 Å². The smallest absolute Gasteiger partial charge is 0.193 e. The van der Waals surface area contributed by atoms with E-state index in [1.165, 1.54) is 0 Å².